The van der Waals surface area contributed by atoms with Crippen LogP contribution in [0.5, 0.6) is 11.5 Å². The highest BCUT2D eigenvalue weighted by Crippen LogP contribution is 2.41. The first-order chi connectivity index (χ1) is 27.1. The van der Waals surface area contributed by atoms with Crippen LogP contribution in [0.15, 0.2) is 72.8 Å². The second kappa shape index (κ2) is 20.5. The maximum Gasteiger partial charge on any atom is 0.148 e. The van der Waals surface area contributed by atoms with E-state index in [1.54, 1.807) is 0 Å². The molecule has 5 aromatic rings. The van der Waals surface area contributed by atoms with E-state index in [1.165, 1.54) is 60.4 Å². The summed E-state index contributed by atoms with van der Waals surface area (Å²) in [6.07, 6.45) is 17.1. The number of fused-ring (bicyclic) bond motifs is 3. The average molecular weight is 765 g/mol. The summed E-state index contributed by atoms with van der Waals surface area (Å²) in [6.45, 7) is 19.3. The van der Waals surface area contributed by atoms with E-state index in [4.69, 9.17) is 25.9 Å². The van der Waals surface area contributed by atoms with Crippen LogP contribution in [0, 0.1) is 23.8 Å². The summed E-state index contributed by atoms with van der Waals surface area (Å²) in [5, 5.41) is 2.39. The first-order valence-corrected chi connectivity index (χ1v) is 23.5. The van der Waals surface area contributed by atoms with Crippen LogP contribution in [0.2, 0.25) is 16.6 Å². The summed E-state index contributed by atoms with van der Waals surface area (Å²) in [5.74, 6) is 7.58. The molecule has 0 aliphatic carbocycles. The van der Waals surface area contributed by atoms with Gasteiger partial charge in [-0.1, -0.05) is 118 Å². The van der Waals surface area contributed by atoms with Crippen molar-refractivity contribution >= 4 is 29.9 Å². The van der Waals surface area contributed by atoms with Gasteiger partial charge in [0.2, 0.25) is 0 Å². The molecule has 0 amide bonds. The van der Waals surface area contributed by atoms with Crippen LogP contribution >= 0.6 is 0 Å². The SMILES string of the molecule is C#CCOc1ccc(-c2cc(CCCCCC)c3ccc4c(CCCCCC)cc(-c5ccc(OCC#C[Si](C(C)C)(C(C)C)C(C)C)cc5)nc4c3n2)cc1. The number of aromatic nitrogens is 2. The Morgan fingerprint density at radius 3 is 1.39 bits per heavy atom. The van der Waals surface area contributed by atoms with Gasteiger partial charge in [0.15, 0.2) is 0 Å². The van der Waals surface area contributed by atoms with Gasteiger partial charge >= 0.3 is 0 Å². The van der Waals surface area contributed by atoms with Crippen LogP contribution in [0.1, 0.15) is 118 Å². The van der Waals surface area contributed by atoms with Gasteiger partial charge in [0.05, 0.1) is 22.4 Å². The van der Waals surface area contributed by atoms with Crippen molar-refractivity contribution in [1.29, 1.82) is 0 Å². The minimum Gasteiger partial charge on any atom is -0.481 e. The molecule has 0 fully saturated rings. The highest BCUT2D eigenvalue weighted by atomic mass is 28.3. The molecule has 0 unspecified atom stereocenters. The molecule has 0 aliphatic rings. The minimum absolute atomic E-state index is 0.248. The van der Waals surface area contributed by atoms with Gasteiger partial charge in [0.25, 0.3) is 0 Å². The van der Waals surface area contributed by atoms with Crippen LogP contribution in [-0.2, 0) is 12.8 Å². The molecule has 0 atom stereocenters. The lowest BCUT2D eigenvalue weighted by molar-refractivity contribution is 0.370. The molecule has 0 aliphatic heterocycles. The molecule has 4 nitrogen and oxygen atoms in total. The highest BCUT2D eigenvalue weighted by Gasteiger charge is 2.41. The third kappa shape index (κ3) is 10.2. The van der Waals surface area contributed by atoms with Crippen molar-refractivity contribution in [3.63, 3.8) is 0 Å². The lowest BCUT2D eigenvalue weighted by atomic mass is 9.95. The van der Waals surface area contributed by atoms with E-state index < -0.39 is 8.07 Å². The van der Waals surface area contributed by atoms with Gasteiger partial charge in [0, 0.05) is 21.9 Å². The molecule has 5 rings (SSSR count). The Balaban J connectivity index is 1.55. The average Bonchev–Trinajstić information content (AvgIpc) is 3.20. The van der Waals surface area contributed by atoms with E-state index in [2.05, 4.69) is 133 Å². The smallest absolute Gasteiger partial charge is 0.148 e. The van der Waals surface area contributed by atoms with Gasteiger partial charge in [-0.15, -0.1) is 12.0 Å². The molecular weight excluding hydrogens is 701 g/mol. The molecule has 0 saturated heterocycles. The van der Waals surface area contributed by atoms with Gasteiger partial charge in [-0.05, 0) is 114 Å². The van der Waals surface area contributed by atoms with Crippen LogP contribution < -0.4 is 9.47 Å². The predicted octanol–water partition coefficient (Wildman–Crippen LogP) is 14.0. The van der Waals surface area contributed by atoms with E-state index in [0.29, 0.717) is 23.2 Å². The van der Waals surface area contributed by atoms with Crippen molar-refractivity contribution in [1.82, 2.24) is 9.97 Å². The fourth-order valence-electron chi connectivity index (χ4n) is 8.62. The van der Waals surface area contributed by atoms with E-state index >= 15 is 0 Å². The third-order valence-electron chi connectivity index (χ3n) is 11.6. The van der Waals surface area contributed by atoms with E-state index in [1.807, 2.05) is 12.1 Å². The number of nitrogens with zero attached hydrogens (tertiary/aromatic N) is 2. The summed E-state index contributed by atoms with van der Waals surface area (Å²) in [7, 11) is -1.79. The van der Waals surface area contributed by atoms with Crippen LogP contribution in [0.4, 0.5) is 0 Å². The van der Waals surface area contributed by atoms with Gasteiger partial charge < -0.3 is 9.47 Å². The molecule has 0 spiro atoms. The van der Waals surface area contributed by atoms with Gasteiger partial charge in [0.1, 0.15) is 32.8 Å². The highest BCUT2D eigenvalue weighted by molar-refractivity contribution is 6.90. The topological polar surface area (TPSA) is 44.2 Å². The summed E-state index contributed by atoms with van der Waals surface area (Å²) < 4.78 is 11.9. The second-order valence-corrected chi connectivity index (χ2v) is 21.9. The Hall–Kier alpha value is -4.58. The number of aryl methyl sites for hydroxylation is 2. The van der Waals surface area contributed by atoms with Crippen molar-refractivity contribution in [3.05, 3.63) is 83.9 Å². The molecule has 56 heavy (non-hydrogen) atoms. The zero-order valence-electron chi connectivity index (χ0n) is 35.4. The molecular formula is C51H64N2O2Si. The standard InChI is InChI=1S/C51H64N2O2Si/c1-10-13-15-17-20-42-35-48(40-22-26-44(27-23-40)54-32-12-3)52-50-46(42)30-31-47-43(21-18-16-14-11-2)36-49(53-51(47)50)41-24-28-45(29-25-41)55-33-19-34-56(37(4)5,38(6)7)39(8)9/h3,22-31,35-39H,10-11,13-18,20-21,32-33H2,1-2,4-9H3. The number of hydrogen-bond acceptors (Lipinski definition) is 4. The second-order valence-electron chi connectivity index (χ2n) is 16.3. The lowest BCUT2D eigenvalue weighted by Crippen LogP contribution is -2.43. The lowest BCUT2D eigenvalue weighted by Gasteiger charge is -2.38. The number of rotatable bonds is 19. The Morgan fingerprint density at radius 2 is 1.00 bits per heavy atom. The van der Waals surface area contributed by atoms with Crippen LogP contribution in [0.25, 0.3) is 44.3 Å². The van der Waals surface area contributed by atoms with Crippen molar-refractivity contribution in [2.45, 2.75) is 136 Å². The van der Waals surface area contributed by atoms with Gasteiger partial charge in [-0.2, -0.15) is 0 Å². The van der Waals surface area contributed by atoms with Crippen LogP contribution in [0.3, 0.4) is 0 Å². The molecule has 0 radical (unpaired) electrons. The molecule has 3 aromatic carbocycles. The first kappa shape index (κ1) is 42.6. The number of terminal acetylenes is 1. The zero-order valence-corrected chi connectivity index (χ0v) is 36.4. The summed E-state index contributed by atoms with van der Waals surface area (Å²) in [6, 6.07) is 25.7. The molecule has 2 aromatic heterocycles. The Morgan fingerprint density at radius 1 is 0.571 bits per heavy atom. The maximum absolute atomic E-state index is 6.20. The normalized spacial score (nSPS) is 11.7. The molecule has 2 heterocycles. The van der Waals surface area contributed by atoms with E-state index in [9.17, 15) is 0 Å². The quantitative estimate of drug-likeness (QED) is 0.0363. The van der Waals surface area contributed by atoms with Crippen LogP contribution in [-0.4, -0.2) is 31.3 Å². The van der Waals surface area contributed by atoms with Gasteiger partial charge in [-0.3, -0.25) is 0 Å². The summed E-state index contributed by atoms with van der Waals surface area (Å²) in [4.78, 5) is 10.8. The Bertz CT molecular complexity index is 2110. The number of benzene rings is 3. The van der Waals surface area contributed by atoms with Crippen molar-refractivity contribution in [2.24, 2.45) is 0 Å². The number of hydrogen-bond donors (Lipinski definition) is 0. The third-order valence-corrected chi connectivity index (χ3v) is 18.0. The summed E-state index contributed by atoms with van der Waals surface area (Å²) >= 11 is 0. The van der Waals surface area contributed by atoms with Crippen molar-refractivity contribution in [2.75, 3.05) is 13.2 Å². The molecule has 0 bridgehead atoms. The number of unbranched alkanes of at least 4 members (excludes halogenated alkanes) is 6. The predicted molar refractivity (Wildman–Crippen MR) is 242 cm³/mol. The number of pyridine rings is 2. The molecule has 5 heteroatoms. The molecule has 294 valence electrons. The fourth-order valence-corrected chi connectivity index (χ4v) is 13.9. The Labute approximate surface area is 339 Å². The van der Waals surface area contributed by atoms with E-state index in [0.717, 1.165) is 70.7 Å². The number of ether oxygens (including phenoxy) is 2. The maximum atomic E-state index is 6.20. The summed E-state index contributed by atoms with van der Waals surface area (Å²) in [5.41, 5.74) is 14.2. The Kier molecular flexibility index (Phi) is 15.6. The minimum atomic E-state index is -1.79. The van der Waals surface area contributed by atoms with Crippen molar-refractivity contribution < 1.29 is 9.47 Å². The monoisotopic (exact) mass is 764 g/mol. The fraction of sp³-hybridized carbons (Fsp3) is 0.451. The van der Waals surface area contributed by atoms with E-state index in [-0.39, 0.29) is 6.61 Å². The molecule has 0 saturated carbocycles. The largest absolute Gasteiger partial charge is 0.481 e. The van der Waals surface area contributed by atoms with Crippen molar-refractivity contribution in [3.8, 4) is 57.8 Å². The zero-order chi connectivity index (χ0) is 40.1. The first-order valence-electron chi connectivity index (χ1n) is 21.3. The molecule has 0 N–H and O–H groups in total. The van der Waals surface area contributed by atoms with Gasteiger partial charge in [-0.25, -0.2) is 9.97 Å².